The van der Waals surface area contributed by atoms with Gasteiger partial charge in [0.15, 0.2) is 0 Å². The van der Waals surface area contributed by atoms with Crippen LogP contribution in [-0.4, -0.2) is 29.8 Å². The number of carbonyl (C=O) groups is 1. The number of amides is 1. The Labute approximate surface area is 122 Å². The van der Waals surface area contributed by atoms with E-state index in [-0.39, 0.29) is 17.9 Å². The molecular weight excluding hydrogens is 282 g/mol. The molecule has 0 aromatic carbocycles. The number of alkyl halides is 2. The molecule has 0 spiro atoms. The lowest BCUT2D eigenvalue weighted by Gasteiger charge is -2.22. The summed E-state index contributed by atoms with van der Waals surface area (Å²) in [6.07, 6.45) is -2.10. The largest absolute Gasteiger partial charge is 0.315 e. The van der Waals surface area contributed by atoms with E-state index in [0.717, 1.165) is 16.2 Å². The Morgan fingerprint density at radius 3 is 2.65 bits per heavy atom. The lowest BCUT2D eigenvalue weighted by molar-refractivity contribution is -0.132. The van der Waals surface area contributed by atoms with Crippen molar-refractivity contribution in [3.63, 3.8) is 0 Å². The minimum absolute atomic E-state index is 0.133. The second kappa shape index (κ2) is 6.18. The number of aryl methyl sites for hydroxylation is 1. The van der Waals surface area contributed by atoms with Crippen LogP contribution >= 0.6 is 11.3 Å². The van der Waals surface area contributed by atoms with Gasteiger partial charge in [-0.2, -0.15) is 0 Å². The number of rotatable bonds is 5. The van der Waals surface area contributed by atoms with Crippen LogP contribution in [0.2, 0.25) is 0 Å². The van der Waals surface area contributed by atoms with Crippen molar-refractivity contribution in [1.29, 1.82) is 0 Å². The molecule has 1 fully saturated rings. The molecule has 0 saturated carbocycles. The number of nitrogens with zero attached hydrogens (tertiary/aromatic N) is 1. The standard InChI is InChI=1S/C14H20F2N2OS/c1-4-8(2)12-14(19)18(7-11(15)16)13(17-12)10-6-5-9(3)20-10/h5-6,8,11-13,17H,4,7H2,1-3H3. The van der Waals surface area contributed by atoms with Crippen LogP contribution in [0.5, 0.6) is 0 Å². The molecule has 1 saturated heterocycles. The zero-order valence-corrected chi connectivity index (χ0v) is 12.7. The summed E-state index contributed by atoms with van der Waals surface area (Å²) < 4.78 is 25.5. The molecule has 2 heterocycles. The van der Waals surface area contributed by atoms with Crippen molar-refractivity contribution < 1.29 is 13.6 Å². The average molecular weight is 302 g/mol. The van der Waals surface area contributed by atoms with E-state index in [4.69, 9.17) is 0 Å². The third kappa shape index (κ3) is 3.01. The molecule has 1 aliphatic heterocycles. The molecule has 0 bridgehead atoms. The van der Waals surface area contributed by atoms with Gasteiger partial charge in [0, 0.05) is 9.75 Å². The minimum Gasteiger partial charge on any atom is -0.315 e. The van der Waals surface area contributed by atoms with Crippen LogP contribution in [0.25, 0.3) is 0 Å². The predicted molar refractivity (Wildman–Crippen MR) is 75.9 cm³/mol. The van der Waals surface area contributed by atoms with Gasteiger partial charge in [-0.15, -0.1) is 11.3 Å². The number of hydrogen-bond acceptors (Lipinski definition) is 3. The highest BCUT2D eigenvalue weighted by atomic mass is 32.1. The van der Waals surface area contributed by atoms with Crippen molar-refractivity contribution >= 4 is 17.2 Å². The first kappa shape index (κ1) is 15.4. The van der Waals surface area contributed by atoms with E-state index in [1.54, 1.807) is 0 Å². The first-order valence-corrected chi connectivity index (χ1v) is 7.66. The molecule has 20 heavy (non-hydrogen) atoms. The van der Waals surface area contributed by atoms with Crippen molar-refractivity contribution in [3.8, 4) is 0 Å². The van der Waals surface area contributed by atoms with Crippen molar-refractivity contribution in [2.24, 2.45) is 5.92 Å². The summed E-state index contributed by atoms with van der Waals surface area (Å²) in [6, 6.07) is 3.48. The molecule has 1 N–H and O–H groups in total. The normalized spacial score (nSPS) is 24.7. The molecule has 6 heteroatoms. The van der Waals surface area contributed by atoms with Gasteiger partial charge < -0.3 is 4.90 Å². The summed E-state index contributed by atoms with van der Waals surface area (Å²) >= 11 is 1.54. The van der Waals surface area contributed by atoms with Crippen molar-refractivity contribution in [2.45, 2.75) is 45.8 Å². The maximum absolute atomic E-state index is 12.7. The van der Waals surface area contributed by atoms with Crippen LogP contribution in [0.1, 0.15) is 36.2 Å². The Morgan fingerprint density at radius 1 is 1.45 bits per heavy atom. The van der Waals surface area contributed by atoms with E-state index in [9.17, 15) is 13.6 Å². The third-order valence-corrected chi connectivity index (χ3v) is 4.83. The highest BCUT2D eigenvalue weighted by molar-refractivity contribution is 7.12. The maximum Gasteiger partial charge on any atom is 0.255 e. The van der Waals surface area contributed by atoms with Gasteiger partial charge in [-0.3, -0.25) is 10.1 Å². The molecule has 1 aliphatic rings. The van der Waals surface area contributed by atoms with Gasteiger partial charge in [0.2, 0.25) is 5.91 Å². The summed E-state index contributed by atoms with van der Waals surface area (Å²) in [6.45, 7) is 5.42. The van der Waals surface area contributed by atoms with Gasteiger partial charge in [-0.1, -0.05) is 20.3 Å². The molecule has 2 rings (SSSR count). The zero-order chi connectivity index (χ0) is 14.9. The van der Waals surface area contributed by atoms with E-state index in [1.165, 1.54) is 16.2 Å². The fourth-order valence-corrected chi connectivity index (χ4v) is 3.41. The average Bonchev–Trinajstić information content (AvgIpc) is 2.94. The molecule has 1 amide bonds. The molecular formula is C14H20F2N2OS. The summed E-state index contributed by atoms with van der Waals surface area (Å²) in [5.41, 5.74) is 0. The van der Waals surface area contributed by atoms with Gasteiger partial charge in [-0.25, -0.2) is 8.78 Å². The fraction of sp³-hybridized carbons (Fsp3) is 0.643. The number of hydrogen-bond donors (Lipinski definition) is 1. The highest BCUT2D eigenvalue weighted by Gasteiger charge is 2.43. The van der Waals surface area contributed by atoms with E-state index in [0.29, 0.717) is 0 Å². The molecule has 1 aromatic heterocycles. The summed E-state index contributed by atoms with van der Waals surface area (Å²) in [5.74, 6) is -0.0792. The Kier molecular flexibility index (Phi) is 4.75. The summed E-state index contributed by atoms with van der Waals surface area (Å²) in [5, 5.41) is 3.23. The second-order valence-electron chi connectivity index (χ2n) is 5.26. The smallest absolute Gasteiger partial charge is 0.255 e. The monoisotopic (exact) mass is 302 g/mol. The fourth-order valence-electron chi connectivity index (χ4n) is 2.46. The summed E-state index contributed by atoms with van der Waals surface area (Å²) in [7, 11) is 0. The Bertz CT molecular complexity index is 477. The van der Waals surface area contributed by atoms with Gasteiger partial charge in [0.05, 0.1) is 12.6 Å². The number of thiophene rings is 1. The van der Waals surface area contributed by atoms with Crippen molar-refractivity contribution in [2.75, 3.05) is 6.54 Å². The van der Waals surface area contributed by atoms with E-state index >= 15 is 0 Å². The molecule has 3 atom stereocenters. The molecule has 112 valence electrons. The van der Waals surface area contributed by atoms with Crippen LogP contribution < -0.4 is 5.32 Å². The first-order valence-electron chi connectivity index (χ1n) is 6.85. The van der Waals surface area contributed by atoms with E-state index < -0.39 is 19.1 Å². The SMILES string of the molecule is CCC(C)C1NC(c2ccc(C)s2)N(CC(F)F)C1=O. The first-order chi connectivity index (χ1) is 9.43. The van der Waals surface area contributed by atoms with Gasteiger partial charge in [-0.05, 0) is 25.0 Å². The predicted octanol–water partition coefficient (Wildman–Crippen LogP) is 3.17. The molecule has 3 nitrogen and oxygen atoms in total. The van der Waals surface area contributed by atoms with Crippen LogP contribution in [0.15, 0.2) is 12.1 Å². The third-order valence-electron chi connectivity index (χ3n) is 3.78. The quantitative estimate of drug-likeness (QED) is 0.906. The molecule has 1 aromatic rings. The van der Waals surface area contributed by atoms with Crippen molar-refractivity contribution in [1.82, 2.24) is 10.2 Å². The lowest BCUT2D eigenvalue weighted by atomic mass is 9.99. The molecule has 3 unspecified atom stereocenters. The zero-order valence-electron chi connectivity index (χ0n) is 11.9. The maximum atomic E-state index is 12.7. The Balaban J connectivity index is 2.25. The second-order valence-corrected chi connectivity index (χ2v) is 6.58. The number of halogens is 2. The van der Waals surface area contributed by atoms with Crippen LogP contribution in [0.4, 0.5) is 8.78 Å². The topological polar surface area (TPSA) is 32.3 Å². The number of carbonyl (C=O) groups excluding carboxylic acids is 1. The van der Waals surface area contributed by atoms with Crippen molar-refractivity contribution in [3.05, 3.63) is 21.9 Å². The van der Waals surface area contributed by atoms with Gasteiger partial charge in [0.25, 0.3) is 6.43 Å². The number of nitrogens with one attached hydrogen (secondary N) is 1. The van der Waals surface area contributed by atoms with Crippen LogP contribution in [0, 0.1) is 12.8 Å². The minimum atomic E-state index is -2.51. The highest BCUT2D eigenvalue weighted by Crippen LogP contribution is 2.33. The van der Waals surface area contributed by atoms with Crippen LogP contribution in [0.3, 0.4) is 0 Å². The summed E-state index contributed by atoms with van der Waals surface area (Å²) in [4.78, 5) is 15.7. The van der Waals surface area contributed by atoms with E-state index in [1.807, 2.05) is 32.9 Å². The Hall–Kier alpha value is -1.01. The van der Waals surface area contributed by atoms with Gasteiger partial charge >= 0.3 is 0 Å². The lowest BCUT2D eigenvalue weighted by Crippen LogP contribution is -2.37. The Morgan fingerprint density at radius 2 is 2.15 bits per heavy atom. The van der Waals surface area contributed by atoms with Crippen LogP contribution in [-0.2, 0) is 4.79 Å². The molecule has 0 radical (unpaired) electrons. The van der Waals surface area contributed by atoms with Gasteiger partial charge in [0.1, 0.15) is 6.17 Å². The van der Waals surface area contributed by atoms with E-state index in [2.05, 4.69) is 5.32 Å². The molecule has 0 aliphatic carbocycles.